The van der Waals surface area contributed by atoms with E-state index in [1.165, 1.54) is 30.7 Å². The maximum atomic E-state index is 2.41. The van der Waals surface area contributed by atoms with Crippen LogP contribution in [0.2, 0.25) is 0 Å². The van der Waals surface area contributed by atoms with Gasteiger partial charge >= 0.3 is 0 Å². The third kappa shape index (κ3) is 7.45. The summed E-state index contributed by atoms with van der Waals surface area (Å²) < 4.78 is 0. The molecule has 0 saturated carbocycles. The van der Waals surface area contributed by atoms with Gasteiger partial charge in [-0.05, 0) is 43.0 Å². The molecule has 0 fully saturated rings. The topological polar surface area (TPSA) is 3.24 Å². The number of thioether (sulfide) groups is 1. The molecule has 0 unspecified atom stereocenters. The lowest BCUT2D eigenvalue weighted by molar-refractivity contribution is 0.321. The molecule has 0 saturated heterocycles. The highest BCUT2D eigenvalue weighted by Crippen LogP contribution is 2.12. The normalized spacial score (nSPS) is 11.4. The molecule has 0 aliphatic carbocycles. The monoisotopic (exact) mass is 251 g/mol. The smallest absolute Gasteiger partial charge is 0.0230 e. The maximum Gasteiger partial charge on any atom is 0.0230 e. The average Bonchev–Trinajstić information content (AvgIpc) is 2.29. The van der Waals surface area contributed by atoms with E-state index < -0.39 is 0 Å². The number of benzene rings is 1. The molecule has 17 heavy (non-hydrogen) atoms. The Morgan fingerprint density at radius 1 is 1.12 bits per heavy atom. The van der Waals surface area contributed by atoms with Gasteiger partial charge in [0, 0.05) is 6.54 Å². The van der Waals surface area contributed by atoms with E-state index in [1.807, 2.05) is 0 Å². The number of hydrogen-bond donors (Lipinski definition) is 0. The van der Waals surface area contributed by atoms with Crippen LogP contribution in [0.15, 0.2) is 30.3 Å². The second-order valence-corrected chi connectivity index (χ2v) is 6.53. The third-order valence-electron chi connectivity index (χ3n) is 2.68. The van der Waals surface area contributed by atoms with E-state index in [0.717, 1.165) is 11.8 Å². The Morgan fingerprint density at radius 3 is 2.47 bits per heavy atom. The van der Waals surface area contributed by atoms with E-state index in [9.17, 15) is 0 Å². The number of nitrogens with zero attached hydrogens (tertiary/aromatic N) is 1. The summed E-state index contributed by atoms with van der Waals surface area (Å²) in [7, 11) is 2.21. The predicted octanol–water partition coefficient (Wildman–Crippen LogP) is 4.04. The van der Waals surface area contributed by atoms with E-state index in [2.05, 4.69) is 67.9 Å². The minimum Gasteiger partial charge on any atom is -0.302 e. The van der Waals surface area contributed by atoms with Crippen LogP contribution in [0, 0.1) is 0 Å². The fourth-order valence-corrected chi connectivity index (χ4v) is 2.62. The molecule has 2 heteroatoms. The molecule has 0 amide bonds. The molecule has 0 spiro atoms. The van der Waals surface area contributed by atoms with Gasteiger partial charge in [-0.1, -0.05) is 44.2 Å². The summed E-state index contributed by atoms with van der Waals surface area (Å²) in [4.78, 5) is 2.41. The number of hydrogen-bond acceptors (Lipinski definition) is 2. The van der Waals surface area contributed by atoms with E-state index in [0.29, 0.717) is 0 Å². The van der Waals surface area contributed by atoms with Gasteiger partial charge in [-0.15, -0.1) is 0 Å². The van der Waals surface area contributed by atoms with Crippen LogP contribution < -0.4 is 0 Å². The van der Waals surface area contributed by atoms with Gasteiger partial charge in [-0.3, -0.25) is 0 Å². The molecule has 0 bridgehead atoms. The molecule has 0 heterocycles. The second kappa shape index (κ2) is 8.60. The van der Waals surface area contributed by atoms with Gasteiger partial charge in [0.1, 0.15) is 0 Å². The van der Waals surface area contributed by atoms with Crippen LogP contribution in [0.25, 0.3) is 0 Å². The molecule has 1 rings (SSSR count). The largest absolute Gasteiger partial charge is 0.302 e. The Hall–Kier alpha value is -0.470. The zero-order valence-electron chi connectivity index (χ0n) is 11.4. The van der Waals surface area contributed by atoms with E-state index in [-0.39, 0.29) is 0 Å². The van der Waals surface area contributed by atoms with Crippen LogP contribution in [-0.4, -0.2) is 29.5 Å². The zero-order chi connectivity index (χ0) is 12.5. The lowest BCUT2D eigenvalue weighted by atomic mass is 10.2. The Labute approximate surface area is 111 Å². The van der Waals surface area contributed by atoms with Crippen molar-refractivity contribution in [2.75, 3.05) is 19.3 Å². The first-order chi connectivity index (χ1) is 8.18. The van der Waals surface area contributed by atoms with Crippen molar-refractivity contribution in [2.45, 2.75) is 38.5 Å². The molecule has 96 valence electrons. The Bertz CT molecular complexity index is 284. The number of rotatable bonds is 8. The molecular weight excluding hydrogens is 226 g/mol. The minimum atomic E-state index is 0.775. The molecule has 0 atom stereocenters. The van der Waals surface area contributed by atoms with E-state index in [1.54, 1.807) is 0 Å². The summed E-state index contributed by atoms with van der Waals surface area (Å²) in [6.07, 6.45) is 2.64. The van der Waals surface area contributed by atoms with Gasteiger partial charge < -0.3 is 4.90 Å². The van der Waals surface area contributed by atoms with Gasteiger partial charge in [0.05, 0.1) is 0 Å². The highest BCUT2D eigenvalue weighted by Gasteiger charge is 2.00. The lowest BCUT2D eigenvalue weighted by Gasteiger charge is -2.16. The Morgan fingerprint density at radius 2 is 1.82 bits per heavy atom. The molecule has 0 aromatic heterocycles. The second-order valence-electron chi connectivity index (χ2n) is 4.85. The molecule has 0 radical (unpaired) electrons. The van der Waals surface area contributed by atoms with Gasteiger partial charge in [-0.2, -0.15) is 11.8 Å². The van der Waals surface area contributed by atoms with Crippen LogP contribution in [0.5, 0.6) is 0 Å². The minimum absolute atomic E-state index is 0.775. The summed E-state index contributed by atoms with van der Waals surface area (Å²) in [6, 6.07) is 10.7. The van der Waals surface area contributed by atoms with Crippen molar-refractivity contribution in [1.29, 1.82) is 0 Å². The first-order valence-corrected chi connectivity index (χ1v) is 7.57. The van der Waals surface area contributed by atoms with Gasteiger partial charge in [0.2, 0.25) is 0 Å². The van der Waals surface area contributed by atoms with Gasteiger partial charge in [0.25, 0.3) is 0 Å². The highest BCUT2D eigenvalue weighted by molar-refractivity contribution is 7.99. The van der Waals surface area contributed by atoms with Gasteiger partial charge in [-0.25, -0.2) is 0 Å². The Kier molecular flexibility index (Phi) is 7.38. The lowest BCUT2D eigenvalue weighted by Crippen LogP contribution is -2.19. The zero-order valence-corrected chi connectivity index (χ0v) is 12.2. The van der Waals surface area contributed by atoms with Crippen LogP contribution in [0.4, 0.5) is 0 Å². The van der Waals surface area contributed by atoms with Gasteiger partial charge in [0.15, 0.2) is 0 Å². The average molecular weight is 251 g/mol. The molecule has 0 N–H and O–H groups in total. The number of unbranched alkanes of at least 4 members (excludes halogenated alkanes) is 1. The molecule has 1 aromatic rings. The van der Waals surface area contributed by atoms with Crippen LogP contribution in [-0.2, 0) is 6.54 Å². The van der Waals surface area contributed by atoms with Crippen molar-refractivity contribution < 1.29 is 0 Å². The third-order valence-corrected chi connectivity index (χ3v) is 3.87. The summed E-state index contributed by atoms with van der Waals surface area (Å²) in [5, 5.41) is 0.775. The van der Waals surface area contributed by atoms with Crippen LogP contribution in [0.1, 0.15) is 32.3 Å². The van der Waals surface area contributed by atoms with Crippen molar-refractivity contribution in [3.8, 4) is 0 Å². The first-order valence-electron chi connectivity index (χ1n) is 6.52. The fraction of sp³-hybridized carbons (Fsp3) is 0.600. The Balaban J connectivity index is 2.07. The quantitative estimate of drug-likeness (QED) is 0.642. The van der Waals surface area contributed by atoms with Crippen molar-refractivity contribution in [3.05, 3.63) is 35.9 Å². The van der Waals surface area contributed by atoms with E-state index in [4.69, 9.17) is 0 Å². The molecule has 0 aliphatic rings. The van der Waals surface area contributed by atoms with Crippen molar-refractivity contribution in [3.63, 3.8) is 0 Å². The molecule has 0 aliphatic heterocycles. The molecular formula is C15H25NS. The molecule has 1 nitrogen and oxygen atoms in total. The van der Waals surface area contributed by atoms with E-state index >= 15 is 0 Å². The summed E-state index contributed by atoms with van der Waals surface area (Å²) in [5.74, 6) is 1.30. The van der Waals surface area contributed by atoms with Crippen molar-refractivity contribution in [1.82, 2.24) is 4.90 Å². The fourth-order valence-electron chi connectivity index (χ4n) is 1.78. The first kappa shape index (κ1) is 14.6. The maximum absolute atomic E-state index is 2.41. The van der Waals surface area contributed by atoms with Crippen molar-refractivity contribution >= 4 is 11.8 Å². The van der Waals surface area contributed by atoms with Crippen LogP contribution >= 0.6 is 11.8 Å². The summed E-state index contributed by atoms with van der Waals surface area (Å²) in [5.41, 5.74) is 1.41. The highest BCUT2D eigenvalue weighted by atomic mass is 32.2. The van der Waals surface area contributed by atoms with Crippen LogP contribution in [0.3, 0.4) is 0 Å². The standard InChI is InChI=1S/C15H25NS/c1-14(2)17-12-8-7-11-16(3)13-15-9-5-4-6-10-15/h4-6,9-10,14H,7-8,11-13H2,1-3H3. The summed E-state index contributed by atoms with van der Waals surface area (Å²) >= 11 is 2.07. The molecule has 1 aromatic carbocycles. The summed E-state index contributed by atoms with van der Waals surface area (Å²) in [6.45, 7) is 6.81. The SMILES string of the molecule is CC(C)SCCCCN(C)Cc1ccccc1. The van der Waals surface area contributed by atoms with Crippen molar-refractivity contribution in [2.24, 2.45) is 0 Å². The predicted molar refractivity (Wildman–Crippen MR) is 79.6 cm³/mol.